The number of rotatable bonds is 8. The van der Waals surface area contributed by atoms with Crippen LogP contribution in [0.25, 0.3) is 0 Å². The standard InChI is InChI=1S/C24H29N3O3/c1-17(2)30-21-11-9-19(10-12-21)18(3)25-23(28)13-14-24(29)27-16-15-22(26-27)20-7-5-4-6-8-20/h4-12,17-18H,13-16H2,1-3H3,(H,25,28). The van der Waals surface area contributed by atoms with Gasteiger partial charge in [-0.3, -0.25) is 9.59 Å². The highest BCUT2D eigenvalue weighted by Crippen LogP contribution is 2.19. The van der Waals surface area contributed by atoms with Crippen LogP contribution in [-0.4, -0.2) is 35.2 Å². The molecule has 0 fully saturated rings. The zero-order chi connectivity index (χ0) is 21.5. The first-order valence-electron chi connectivity index (χ1n) is 10.4. The van der Waals surface area contributed by atoms with Gasteiger partial charge in [0.15, 0.2) is 0 Å². The Bertz CT molecular complexity index is 892. The Kier molecular flexibility index (Phi) is 7.22. The highest BCUT2D eigenvalue weighted by Gasteiger charge is 2.22. The molecule has 0 spiro atoms. The van der Waals surface area contributed by atoms with Crippen molar-refractivity contribution in [2.24, 2.45) is 5.10 Å². The van der Waals surface area contributed by atoms with E-state index >= 15 is 0 Å². The van der Waals surface area contributed by atoms with Gasteiger partial charge >= 0.3 is 0 Å². The van der Waals surface area contributed by atoms with Crippen molar-refractivity contribution in [3.8, 4) is 5.75 Å². The summed E-state index contributed by atoms with van der Waals surface area (Å²) >= 11 is 0. The van der Waals surface area contributed by atoms with E-state index in [9.17, 15) is 9.59 Å². The number of nitrogens with zero attached hydrogens (tertiary/aromatic N) is 2. The summed E-state index contributed by atoms with van der Waals surface area (Å²) in [4.78, 5) is 24.7. The fraction of sp³-hybridized carbons (Fsp3) is 0.375. The average Bonchev–Trinajstić information content (AvgIpc) is 3.23. The average molecular weight is 408 g/mol. The molecule has 0 aromatic heterocycles. The second kappa shape index (κ2) is 10.1. The van der Waals surface area contributed by atoms with Gasteiger partial charge in [0, 0.05) is 19.3 Å². The maximum Gasteiger partial charge on any atom is 0.243 e. The van der Waals surface area contributed by atoms with E-state index in [4.69, 9.17) is 4.74 Å². The number of hydrazone groups is 1. The van der Waals surface area contributed by atoms with Gasteiger partial charge in [0.05, 0.1) is 24.4 Å². The fourth-order valence-electron chi connectivity index (χ4n) is 3.32. The molecule has 6 nitrogen and oxygen atoms in total. The SMILES string of the molecule is CC(C)Oc1ccc(C(C)NC(=O)CCC(=O)N2CCC(c3ccccc3)=N2)cc1. The first-order chi connectivity index (χ1) is 14.4. The van der Waals surface area contributed by atoms with Crippen molar-refractivity contribution in [2.75, 3.05) is 6.54 Å². The molecular formula is C24H29N3O3. The second-order valence-corrected chi connectivity index (χ2v) is 7.70. The van der Waals surface area contributed by atoms with Crippen molar-refractivity contribution in [3.63, 3.8) is 0 Å². The molecule has 0 saturated heterocycles. The van der Waals surface area contributed by atoms with Gasteiger partial charge in [0.2, 0.25) is 11.8 Å². The minimum absolute atomic E-state index is 0.120. The Morgan fingerprint density at radius 1 is 1.03 bits per heavy atom. The van der Waals surface area contributed by atoms with E-state index in [1.54, 1.807) is 0 Å². The van der Waals surface area contributed by atoms with Gasteiger partial charge in [-0.15, -0.1) is 0 Å². The topological polar surface area (TPSA) is 71.0 Å². The fourth-order valence-corrected chi connectivity index (χ4v) is 3.32. The van der Waals surface area contributed by atoms with E-state index in [0.29, 0.717) is 6.54 Å². The van der Waals surface area contributed by atoms with Crippen LogP contribution in [0, 0.1) is 0 Å². The molecule has 1 atom stereocenters. The molecule has 0 saturated carbocycles. The first kappa shape index (κ1) is 21.6. The smallest absolute Gasteiger partial charge is 0.243 e. The lowest BCUT2D eigenvalue weighted by Gasteiger charge is -2.16. The molecule has 2 aromatic rings. The molecule has 0 aliphatic carbocycles. The predicted molar refractivity (Wildman–Crippen MR) is 117 cm³/mol. The third-order valence-electron chi connectivity index (χ3n) is 4.89. The monoisotopic (exact) mass is 407 g/mol. The Hall–Kier alpha value is -3.15. The molecule has 1 N–H and O–H groups in total. The molecule has 1 heterocycles. The second-order valence-electron chi connectivity index (χ2n) is 7.70. The molecule has 1 aliphatic rings. The maximum atomic E-state index is 12.4. The van der Waals surface area contributed by atoms with Crippen LogP contribution in [0.1, 0.15) is 57.2 Å². The number of ether oxygens (including phenoxy) is 1. The number of benzene rings is 2. The lowest BCUT2D eigenvalue weighted by Crippen LogP contribution is -2.29. The van der Waals surface area contributed by atoms with Crippen molar-refractivity contribution in [3.05, 3.63) is 65.7 Å². The molecule has 6 heteroatoms. The summed E-state index contributed by atoms with van der Waals surface area (Å²) in [6.07, 6.45) is 1.14. The summed E-state index contributed by atoms with van der Waals surface area (Å²) in [5.74, 6) is 0.530. The molecule has 158 valence electrons. The largest absolute Gasteiger partial charge is 0.491 e. The summed E-state index contributed by atoms with van der Waals surface area (Å²) in [6.45, 7) is 6.45. The van der Waals surface area contributed by atoms with E-state index in [2.05, 4.69) is 10.4 Å². The summed E-state index contributed by atoms with van der Waals surface area (Å²) in [6, 6.07) is 17.4. The Morgan fingerprint density at radius 2 is 1.73 bits per heavy atom. The van der Waals surface area contributed by atoms with E-state index in [0.717, 1.165) is 29.0 Å². The summed E-state index contributed by atoms with van der Waals surface area (Å²) < 4.78 is 5.64. The van der Waals surface area contributed by atoms with Crippen LogP contribution >= 0.6 is 0 Å². The zero-order valence-corrected chi connectivity index (χ0v) is 17.8. The number of amides is 2. The molecule has 1 aliphatic heterocycles. The van der Waals surface area contributed by atoms with Crippen LogP contribution in [0.2, 0.25) is 0 Å². The predicted octanol–water partition coefficient (Wildman–Crippen LogP) is 4.07. The van der Waals surface area contributed by atoms with Crippen molar-refractivity contribution in [1.82, 2.24) is 10.3 Å². The Labute approximate surface area is 177 Å². The number of nitrogens with one attached hydrogen (secondary N) is 1. The summed E-state index contributed by atoms with van der Waals surface area (Å²) in [5, 5.41) is 8.86. The molecule has 0 bridgehead atoms. The molecule has 2 aromatic carbocycles. The maximum absolute atomic E-state index is 12.4. The normalized spacial score (nSPS) is 14.4. The van der Waals surface area contributed by atoms with Crippen LogP contribution in [-0.2, 0) is 9.59 Å². The molecule has 2 amide bonds. The molecular weight excluding hydrogens is 378 g/mol. The number of hydrogen-bond donors (Lipinski definition) is 1. The van der Waals surface area contributed by atoms with Gasteiger partial charge in [-0.2, -0.15) is 5.10 Å². The van der Waals surface area contributed by atoms with Crippen molar-refractivity contribution in [2.45, 2.75) is 52.2 Å². The number of hydrogen-bond acceptors (Lipinski definition) is 4. The lowest BCUT2D eigenvalue weighted by atomic mass is 10.1. The van der Waals surface area contributed by atoms with Gasteiger partial charge < -0.3 is 10.1 Å². The van der Waals surface area contributed by atoms with Gasteiger partial charge in [-0.1, -0.05) is 42.5 Å². The highest BCUT2D eigenvalue weighted by molar-refractivity contribution is 6.02. The molecule has 0 radical (unpaired) electrons. The minimum Gasteiger partial charge on any atom is -0.491 e. The van der Waals surface area contributed by atoms with Crippen LogP contribution in [0.4, 0.5) is 0 Å². The van der Waals surface area contributed by atoms with E-state index in [-0.39, 0.29) is 36.8 Å². The zero-order valence-electron chi connectivity index (χ0n) is 17.8. The molecule has 1 unspecified atom stereocenters. The van der Waals surface area contributed by atoms with Crippen LogP contribution in [0.3, 0.4) is 0 Å². The third kappa shape index (κ3) is 5.92. The third-order valence-corrected chi connectivity index (χ3v) is 4.89. The van der Waals surface area contributed by atoms with Crippen molar-refractivity contribution >= 4 is 17.5 Å². The van der Waals surface area contributed by atoms with Crippen LogP contribution in [0.5, 0.6) is 5.75 Å². The molecule has 3 rings (SSSR count). The summed E-state index contributed by atoms with van der Waals surface area (Å²) in [5.41, 5.74) is 2.93. The Balaban J connectivity index is 1.46. The van der Waals surface area contributed by atoms with E-state index < -0.39 is 0 Å². The van der Waals surface area contributed by atoms with Crippen molar-refractivity contribution < 1.29 is 14.3 Å². The number of carbonyl (C=O) groups is 2. The van der Waals surface area contributed by atoms with Crippen LogP contribution < -0.4 is 10.1 Å². The van der Waals surface area contributed by atoms with Crippen molar-refractivity contribution in [1.29, 1.82) is 0 Å². The van der Waals surface area contributed by atoms with Gasteiger partial charge in [-0.25, -0.2) is 5.01 Å². The quantitative estimate of drug-likeness (QED) is 0.717. The van der Waals surface area contributed by atoms with E-state index in [1.165, 1.54) is 5.01 Å². The molecule has 30 heavy (non-hydrogen) atoms. The first-order valence-corrected chi connectivity index (χ1v) is 10.4. The summed E-state index contributed by atoms with van der Waals surface area (Å²) in [7, 11) is 0. The van der Waals surface area contributed by atoms with Gasteiger partial charge in [-0.05, 0) is 44.0 Å². The lowest BCUT2D eigenvalue weighted by molar-refractivity contribution is -0.133. The highest BCUT2D eigenvalue weighted by atomic mass is 16.5. The van der Waals surface area contributed by atoms with E-state index in [1.807, 2.05) is 75.4 Å². The van der Waals surface area contributed by atoms with Gasteiger partial charge in [0.1, 0.15) is 5.75 Å². The number of carbonyl (C=O) groups excluding carboxylic acids is 2. The van der Waals surface area contributed by atoms with Gasteiger partial charge in [0.25, 0.3) is 0 Å². The van der Waals surface area contributed by atoms with Crippen LogP contribution in [0.15, 0.2) is 59.7 Å². The Morgan fingerprint density at radius 3 is 2.40 bits per heavy atom. The minimum atomic E-state index is -0.148.